The van der Waals surface area contributed by atoms with Crippen LogP contribution in [0.25, 0.3) is 0 Å². The quantitative estimate of drug-likeness (QED) is 0.784. The molecule has 17 heavy (non-hydrogen) atoms. The number of hydrogen-bond acceptors (Lipinski definition) is 2. The molecule has 0 aliphatic carbocycles. The Morgan fingerprint density at radius 3 is 2.71 bits per heavy atom. The monoisotopic (exact) mass is 274 g/mol. The van der Waals surface area contributed by atoms with Crippen molar-refractivity contribution in [3.63, 3.8) is 0 Å². The first kappa shape index (κ1) is 14.3. The minimum Gasteiger partial charge on any atom is -0.351 e. The molecule has 1 aromatic rings. The van der Waals surface area contributed by atoms with Crippen LogP contribution < -0.4 is 10.6 Å². The second kappa shape index (κ2) is 7.54. The van der Waals surface area contributed by atoms with E-state index in [-0.39, 0.29) is 5.91 Å². The maximum absolute atomic E-state index is 11.8. The van der Waals surface area contributed by atoms with E-state index in [1.54, 1.807) is 18.2 Å². The van der Waals surface area contributed by atoms with Crippen LogP contribution in [0.1, 0.15) is 23.7 Å². The Morgan fingerprint density at radius 2 is 2.00 bits per heavy atom. The zero-order valence-electron chi connectivity index (χ0n) is 9.72. The van der Waals surface area contributed by atoms with Gasteiger partial charge >= 0.3 is 0 Å². The summed E-state index contributed by atoms with van der Waals surface area (Å²) in [6.45, 7) is 4.37. The average Bonchev–Trinajstić information content (AvgIpc) is 2.32. The molecule has 0 unspecified atom stereocenters. The van der Waals surface area contributed by atoms with Crippen LogP contribution in [0.5, 0.6) is 0 Å². The molecular weight excluding hydrogens is 259 g/mol. The Balaban J connectivity index is 2.44. The van der Waals surface area contributed by atoms with Crippen molar-refractivity contribution in [2.45, 2.75) is 13.3 Å². The Morgan fingerprint density at radius 1 is 1.24 bits per heavy atom. The van der Waals surface area contributed by atoms with E-state index in [0.29, 0.717) is 22.2 Å². The van der Waals surface area contributed by atoms with Crippen molar-refractivity contribution in [1.29, 1.82) is 0 Å². The molecule has 0 aliphatic heterocycles. The van der Waals surface area contributed by atoms with Crippen LogP contribution in [0.15, 0.2) is 18.2 Å². The molecule has 1 rings (SSSR count). The number of hydrogen-bond donors (Lipinski definition) is 2. The molecule has 1 amide bonds. The Hall–Kier alpha value is -0.770. The first-order valence-corrected chi connectivity index (χ1v) is 6.35. The minimum atomic E-state index is -0.198. The molecule has 0 radical (unpaired) electrons. The molecule has 0 bridgehead atoms. The van der Waals surface area contributed by atoms with Crippen molar-refractivity contribution in [2.75, 3.05) is 19.6 Å². The van der Waals surface area contributed by atoms with Crippen molar-refractivity contribution < 1.29 is 4.79 Å². The lowest BCUT2D eigenvalue weighted by atomic mass is 10.2. The standard InChI is InChI=1S/C12H16Cl2N2O/c1-2-6-15-7-8-16-12(17)9-4-3-5-10(13)11(9)14/h3-5,15H,2,6-8H2,1H3,(H,16,17). The fourth-order valence-corrected chi connectivity index (χ4v) is 1.73. The summed E-state index contributed by atoms with van der Waals surface area (Å²) in [5.41, 5.74) is 0.412. The smallest absolute Gasteiger partial charge is 0.252 e. The van der Waals surface area contributed by atoms with Gasteiger partial charge in [0.15, 0.2) is 0 Å². The zero-order valence-corrected chi connectivity index (χ0v) is 11.2. The number of rotatable bonds is 6. The van der Waals surface area contributed by atoms with Crippen molar-refractivity contribution in [3.05, 3.63) is 33.8 Å². The van der Waals surface area contributed by atoms with Gasteiger partial charge in [-0.25, -0.2) is 0 Å². The Kier molecular flexibility index (Phi) is 6.34. The van der Waals surface area contributed by atoms with Crippen molar-refractivity contribution in [1.82, 2.24) is 10.6 Å². The fourth-order valence-electron chi connectivity index (χ4n) is 1.34. The lowest BCUT2D eigenvalue weighted by Crippen LogP contribution is -2.32. The van der Waals surface area contributed by atoms with Crippen LogP contribution in [0.2, 0.25) is 10.0 Å². The van der Waals surface area contributed by atoms with Crippen LogP contribution in [-0.2, 0) is 0 Å². The lowest BCUT2D eigenvalue weighted by molar-refractivity contribution is 0.0954. The molecule has 94 valence electrons. The number of carbonyl (C=O) groups excluding carboxylic acids is 1. The second-order valence-corrected chi connectivity index (χ2v) is 4.39. The summed E-state index contributed by atoms with van der Waals surface area (Å²) < 4.78 is 0. The third kappa shape index (κ3) is 4.54. The molecule has 5 heteroatoms. The van der Waals surface area contributed by atoms with Gasteiger partial charge in [-0.15, -0.1) is 0 Å². The molecule has 0 heterocycles. The molecule has 0 saturated carbocycles. The van der Waals surface area contributed by atoms with Gasteiger partial charge in [0.1, 0.15) is 0 Å². The van der Waals surface area contributed by atoms with E-state index in [1.807, 2.05) is 0 Å². The van der Waals surface area contributed by atoms with Gasteiger partial charge < -0.3 is 10.6 Å². The van der Waals surface area contributed by atoms with Gasteiger partial charge in [-0.2, -0.15) is 0 Å². The highest BCUT2D eigenvalue weighted by atomic mass is 35.5. The van der Waals surface area contributed by atoms with Crippen LogP contribution in [0, 0.1) is 0 Å². The normalized spacial score (nSPS) is 10.3. The summed E-state index contributed by atoms with van der Waals surface area (Å²) in [4.78, 5) is 11.8. The van der Waals surface area contributed by atoms with Crippen LogP contribution in [0.4, 0.5) is 0 Å². The van der Waals surface area contributed by atoms with Gasteiger partial charge in [0.2, 0.25) is 0 Å². The van der Waals surface area contributed by atoms with E-state index in [1.165, 1.54) is 0 Å². The van der Waals surface area contributed by atoms with Crippen molar-refractivity contribution in [3.8, 4) is 0 Å². The third-order valence-corrected chi connectivity index (χ3v) is 3.03. The molecule has 2 N–H and O–H groups in total. The molecule has 3 nitrogen and oxygen atoms in total. The number of benzene rings is 1. The summed E-state index contributed by atoms with van der Waals surface area (Å²) in [5, 5.41) is 6.67. The summed E-state index contributed by atoms with van der Waals surface area (Å²) in [6, 6.07) is 5.02. The molecule has 1 aromatic carbocycles. The molecule has 0 spiro atoms. The van der Waals surface area contributed by atoms with E-state index in [4.69, 9.17) is 23.2 Å². The number of nitrogens with one attached hydrogen (secondary N) is 2. The lowest BCUT2D eigenvalue weighted by Gasteiger charge is -2.08. The minimum absolute atomic E-state index is 0.198. The highest BCUT2D eigenvalue weighted by molar-refractivity contribution is 6.43. The maximum atomic E-state index is 11.8. The van der Waals surface area contributed by atoms with Gasteiger partial charge in [-0.3, -0.25) is 4.79 Å². The van der Waals surface area contributed by atoms with E-state index in [9.17, 15) is 4.79 Å². The van der Waals surface area contributed by atoms with E-state index < -0.39 is 0 Å². The van der Waals surface area contributed by atoms with Crippen LogP contribution >= 0.6 is 23.2 Å². The van der Waals surface area contributed by atoms with E-state index in [2.05, 4.69) is 17.6 Å². The molecule has 0 aliphatic rings. The zero-order chi connectivity index (χ0) is 12.7. The Bertz CT molecular complexity index is 383. The van der Waals surface area contributed by atoms with Gasteiger partial charge in [0.25, 0.3) is 5.91 Å². The summed E-state index contributed by atoms with van der Waals surface area (Å²) >= 11 is 11.8. The molecule has 0 atom stereocenters. The SMILES string of the molecule is CCCNCCNC(=O)c1cccc(Cl)c1Cl. The van der Waals surface area contributed by atoms with Crippen molar-refractivity contribution in [2.24, 2.45) is 0 Å². The van der Waals surface area contributed by atoms with Gasteiger partial charge in [0, 0.05) is 13.1 Å². The molecule has 0 fully saturated rings. The summed E-state index contributed by atoms with van der Waals surface area (Å²) in [7, 11) is 0. The van der Waals surface area contributed by atoms with E-state index in [0.717, 1.165) is 19.5 Å². The largest absolute Gasteiger partial charge is 0.351 e. The molecular formula is C12H16Cl2N2O. The average molecular weight is 275 g/mol. The number of carbonyl (C=O) groups is 1. The highest BCUT2D eigenvalue weighted by Gasteiger charge is 2.11. The van der Waals surface area contributed by atoms with E-state index >= 15 is 0 Å². The predicted molar refractivity (Wildman–Crippen MR) is 72.0 cm³/mol. The summed E-state index contributed by atoms with van der Waals surface area (Å²) in [5.74, 6) is -0.198. The van der Waals surface area contributed by atoms with Gasteiger partial charge in [-0.05, 0) is 25.1 Å². The first-order chi connectivity index (χ1) is 8.16. The Labute approximate surface area is 111 Å². The second-order valence-electron chi connectivity index (χ2n) is 3.61. The number of amides is 1. The van der Waals surface area contributed by atoms with Gasteiger partial charge in [-0.1, -0.05) is 36.2 Å². The molecule has 0 saturated heterocycles. The first-order valence-electron chi connectivity index (χ1n) is 5.59. The third-order valence-electron chi connectivity index (χ3n) is 2.21. The number of halogens is 2. The maximum Gasteiger partial charge on any atom is 0.252 e. The highest BCUT2D eigenvalue weighted by Crippen LogP contribution is 2.25. The van der Waals surface area contributed by atoms with Crippen molar-refractivity contribution >= 4 is 29.1 Å². The topological polar surface area (TPSA) is 41.1 Å². The predicted octanol–water partition coefficient (Wildman–Crippen LogP) is 2.72. The fraction of sp³-hybridized carbons (Fsp3) is 0.417. The molecule has 0 aromatic heterocycles. The van der Waals surface area contributed by atoms with Gasteiger partial charge in [0.05, 0.1) is 15.6 Å². The summed E-state index contributed by atoms with van der Waals surface area (Å²) in [6.07, 6.45) is 1.08. The van der Waals surface area contributed by atoms with Crippen LogP contribution in [-0.4, -0.2) is 25.5 Å². The van der Waals surface area contributed by atoms with Crippen LogP contribution in [0.3, 0.4) is 0 Å².